The molecule has 0 amide bonds. The highest BCUT2D eigenvalue weighted by atomic mass is 19.1. The van der Waals surface area contributed by atoms with E-state index in [2.05, 4.69) is 0 Å². The number of H-pyrrole nitrogens is 1. The first-order valence-electron chi connectivity index (χ1n) is 4.71. The van der Waals surface area contributed by atoms with Crippen LogP contribution < -0.4 is 11.2 Å². The lowest BCUT2D eigenvalue weighted by Gasteiger charge is -2.17. The van der Waals surface area contributed by atoms with Crippen molar-refractivity contribution < 1.29 is 23.8 Å². The number of nitrogens with one attached hydrogen (secondary N) is 1. The molecule has 0 bridgehead atoms. The number of hydrogen-bond acceptors (Lipinski definition) is 6. The van der Waals surface area contributed by atoms with Crippen LogP contribution in [-0.2, 0) is 14.3 Å². The van der Waals surface area contributed by atoms with Crippen molar-refractivity contribution in [3.63, 3.8) is 0 Å². The zero-order valence-corrected chi connectivity index (χ0v) is 8.91. The second-order valence-corrected chi connectivity index (χ2v) is 3.16. The fourth-order valence-electron chi connectivity index (χ4n) is 1.11. The average molecular weight is 260 g/mol. The lowest BCUT2D eigenvalue weighted by Crippen LogP contribution is -2.37. The minimum atomic E-state index is -1.63. The maximum atomic E-state index is 13.0. The number of aromatic nitrogens is 2. The maximum Gasteiger partial charge on any atom is 0.330 e. The van der Waals surface area contributed by atoms with Gasteiger partial charge in [-0.2, -0.15) is 4.39 Å². The molecular formula is C9H9FN2O6. The van der Waals surface area contributed by atoms with Crippen LogP contribution in [0.3, 0.4) is 0 Å². The number of ether oxygens (including phenoxy) is 1. The molecule has 0 radical (unpaired) electrons. The van der Waals surface area contributed by atoms with E-state index in [9.17, 15) is 23.6 Å². The van der Waals surface area contributed by atoms with Gasteiger partial charge in [-0.25, -0.2) is 4.79 Å². The lowest BCUT2D eigenvalue weighted by molar-refractivity contribution is -0.140. The van der Waals surface area contributed by atoms with Crippen LogP contribution in [0.5, 0.6) is 0 Å². The van der Waals surface area contributed by atoms with Gasteiger partial charge in [-0.05, 0) is 0 Å². The molecule has 0 aromatic carbocycles. The van der Waals surface area contributed by atoms with Gasteiger partial charge in [-0.1, -0.05) is 0 Å². The van der Waals surface area contributed by atoms with Crippen molar-refractivity contribution in [2.45, 2.75) is 12.3 Å². The monoisotopic (exact) mass is 260 g/mol. The van der Waals surface area contributed by atoms with E-state index >= 15 is 0 Å². The lowest BCUT2D eigenvalue weighted by atomic mass is 10.4. The van der Waals surface area contributed by atoms with E-state index in [0.717, 1.165) is 0 Å². The van der Waals surface area contributed by atoms with E-state index < -0.39 is 36.0 Å². The van der Waals surface area contributed by atoms with Gasteiger partial charge in [-0.15, -0.1) is 0 Å². The molecule has 1 aromatic rings. The Balaban J connectivity index is 3.13. The number of hydrogen-bond donors (Lipinski definition) is 2. The number of carbonyl (C=O) groups is 2. The van der Waals surface area contributed by atoms with E-state index in [1.54, 1.807) is 4.98 Å². The Morgan fingerprint density at radius 2 is 2.11 bits per heavy atom. The Morgan fingerprint density at radius 3 is 2.61 bits per heavy atom. The van der Waals surface area contributed by atoms with Crippen molar-refractivity contribution in [1.82, 2.24) is 9.55 Å². The smallest absolute Gasteiger partial charge is 0.330 e. The van der Waals surface area contributed by atoms with Crippen LogP contribution in [0.1, 0.15) is 6.23 Å². The first kappa shape index (κ1) is 13.9. The Hall–Kier alpha value is -2.13. The number of aliphatic hydroxyl groups excluding tert-OH is 1. The van der Waals surface area contributed by atoms with Crippen LogP contribution in [0, 0.1) is 5.82 Å². The summed E-state index contributed by atoms with van der Waals surface area (Å²) in [5.74, 6) is -1.29. The third kappa shape index (κ3) is 2.96. The standard InChI is InChI=1S/C9H9FN2O6/c10-6-1-12(9(17)11-8(6)16)7(4-15)18-5(2-13)3-14/h1-2,4-5,7,14H,3H2,(H,11,16,17)/t5-,7-/m0/s1. The fraction of sp³-hybridized carbons (Fsp3) is 0.333. The normalized spacial score (nSPS) is 13.9. The summed E-state index contributed by atoms with van der Waals surface area (Å²) in [5, 5.41) is 8.69. The van der Waals surface area contributed by atoms with Crippen LogP contribution in [0.15, 0.2) is 15.8 Å². The zero-order valence-electron chi connectivity index (χ0n) is 8.91. The highest BCUT2D eigenvalue weighted by Crippen LogP contribution is 2.05. The van der Waals surface area contributed by atoms with Crippen molar-refractivity contribution >= 4 is 12.6 Å². The summed E-state index contributed by atoms with van der Waals surface area (Å²) in [5.41, 5.74) is -2.32. The summed E-state index contributed by atoms with van der Waals surface area (Å²) >= 11 is 0. The number of carbonyl (C=O) groups excluding carboxylic acids is 2. The molecule has 98 valence electrons. The van der Waals surface area contributed by atoms with Crippen LogP contribution in [0.2, 0.25) is 0 Å². The van der Waals surface area contributed by atoms with Gasteiger partial charge in [0.25, 0.3) is 5.56 Å². The SMILES string of the molecule is O=C[C@H](O[C@@H](C=O)CO)n1cc(F)c(=O)[nH]c1=O. The molecule has 8 nitrogen and oxygen atoms in total. The van der Waals surface area contributed by atoms with Gasteiger partial charge in [0.2, 0.25) is 5.82 Å². The molecule has 2 N–H and O–H groups in total. The number of halogens is 1. The highest BCUT2D eigenvalue weighted by Gasteiger charge is 2.19. The van der Waals surface area contributed by atoms with Crippen LogP contribution >= 0.6 is 0 Å². The second-order valence-electron chi connectivity index (χ2n) is 3.16. The highest BCUT2D eigenvalue weighted by molar-refractivity contribution is 5.58. The minimum absolute atomic E-state index is 0.116. The van der Waals surface area contributed by atoms with Gasteiger partial charge in [0.05, 0.1) is 12.8 Å². The average Bonchev–Trinajstić information content (AvgIpc) is 2.36. The predicted octanol–water partition coefficient (Wildman–Crippen LogP) is -2.05. The molecular weight excluding hydrogens is 251 g/mol. The molecule has 0 aliphatic rings. The second kappa shape index (κ2) is 5.98. The van der Waals surface area contributed by atoms with E-state index in [4.69, 9.17) is 9.84 Å². The summed E-state index contributed by atoms with van der Waals surface area (Å²) in [6, 6.07) is 0. The van der Waals surface area contributed by atoms with Crippen molar-refractivity contribution in [3.05, 3.63) is 32.9 Å². The van der Waals surface area contributed by atoms with Gasteiger partial charge in [0.15, 0.2) is 18.8 Å². The third-order valence-corrected chi connectivity index (χ3v) is 1.96. The first-order chi connectivity index (χ1) is 8.53. The van der Waals surface area contributed by atoms with Crippen molar-refractivity contribution in [2.75, 3.05) is 6.61 Å². The molecule has 9 heteroatoms. The zero-order chi connectivity index (χ0) is 13.7. The number of rotatable bonds is 6. The van der Waals surface area contributed by atoms with E-state index in [1.807, 2.05) is 0 Å². The van der Waals surface area contributed by atoms with Gasteiger partial charge in [-0.3, -0.25) is 19.1 Å². The van der Waals surface area contributed by atoms with Crippen LogP contribution in [0.25, 0.3) is 0 Å². The molecule has 0 saturated carbocycles. The van der Waals surface area contributed by atoms with E-state index in [0.29, 0.717) is 10.8 Å². The molecule has 0 saturated heterocycles. The molecule has 1 heterocycles. The topological polar surface area (TPSA) is 118 Å². The van der Waals surface area contributed by atoms with Gasteiger partial charge in [0.1, 0.15) is 6.10 Å². The number of aromatic amines is 1. The predicted molar refractivity (Wildman–Crippen MR) is 54.4 cm³/mol. The van der Waals surface area contributed by atoms with Crippen molar-refractivity contribution in [1.29, 1.82) is 0 Å². The molecule has 0 aliphatic heterocycles. The Bertz CT molecular complexity index is 551. The number of nitrogens with zero attached hydrogens (tertiary/aromatic N) is 1. The molecule has 2 atom stereocenters. The van der Waals surface area contributed by atoms with Crippen molar-refractivity contribution in [2.24, 2.45) is 0 Å². The number of aldehydes is 2. The maximum absolute atomic E-state index is 13.0. The van der Waals surface area contributed by atoms with Gasteiger partial charge < -0.3 is 14.6 Å². The van der Waals surface area contributed by atoms with Gasteiger partial charge >= 0.3 is 5.69 Å². The molecule has 1 rings (SSSR count). The van der Waals surface area contributed by atoms with E-state index in [-0.39, 0.29) is 12.6 Å². The molecule has 0 unspecified atom stereocenters. The summed E-state index contributed by atoms with van der Waals surface area (Å²) < 4.78 is 18.2. The summed E-state index contributed by atoms with van der Waals surface area (Å²) in [7, 11) is 0. The third-order valence-electron chi connectivity index (χ3n) is 1.96. The molecule has 18 heavy (non-hydrogen) atoms. The summed E-state index contributed by atoms with van der Waals surface area (Å²) in [4.78, 5) is 44.8. The Morgan fingerprint density at radius 1 is 1.44 bits per heavy atom. The quantitative estimate of drug-likeness (QED) is 0.568. The Kier molecular flexibility index (Phi) is 4.63. The molecule has 0 spiro atoms. The van der Waals surface area contributed by atoms with Crippen LogP contribution in [0.4, 0.5) is 4.39 Å². The summed E-state index contributed by atoms with van der Waals surface area (Å²) in [6.07, 6.45) is -2.18. The largest absolute Gasteiger partial charge is 0.393 e. The molecule has 0 aliphatic carbocycles. The number of aliphatic hydroxyl groups is 1. The van der Waals surface area contributed by atoms with E-state index in [1.165, 1.54) is 0 Å². The summed E-state index contributed by atoms with van der Waals surface area (Å²) in [6.45, 7) is -0.714. The first-order valence-corrected chi connectivity index (χ1v) is 4.71. The Labute approximate surface area is 98.6 Å². The van der Waals surface area contributed by atoms with Crippen LogP contribution in [-0.4, -0.2) is 39.9 Å². The fourth-order valence-corrected chi connectivity index (χ4v) is 1.11. The van der Waals surface area contributed by atoms with Gasteiger partial charge in [0, 0.05) is 0 Å². The minimum Gasteiger partial charge on any atom is -0.393 e. The molecule has 0 fully saturated rings. The van der Waals surface area contributed by atoms with Crippen molar-refractivity contribution in [3.8, 4) is 0 Å². The molecule has 1 aromatic heterocycles.